The van der Waals surface area contributed by atoms with E-state index in [1.54, 1.807) is 55.5 Å². The van der Waals surface area contributed by atoms with Gasteiger partial charge in [-0.15, -0.1) is 0 Å². The number of nitrogens with zero attached hydrogens (tertiary/aromatic N) is 2. The number of rotatable bonds is 7. The fourth-order valence-corrected chi connectivity index (χ4v) is 4.36. The zero-order chi connectivity index (χ0) is 24.1. The molecule has 0 radical (unpaired) electrons. The Labute approximate surface area is 201 Å². The molecule has 172 valence electrons. The quantitative estimate of drug-likeness (QED) is 0.473. The molecule has 4 rings (SSSR count). The number of aromatic carboxylic acids is 1. The summed E-state index contributed by atoms with van der Waals surface area (Å²) in [5, 5.41) is 9.68. The molecule has 1 aliphatic rings. The van der Waals surface area contributed by atoms with Gasteiger partial charge < -0.3 is 14.6 Å². The van der Waals surface area contributed by atoms with Gasteiger partial charge in [0.05, 0.1) is 36.9 Å². The Morgan fingerprint density at radius 2 is 1.76 bits per heavy atom. The number of carbonyl (C=O) groups is 2. The van der Waals surface area contributed by atoms with Crippen LogP contribution in [0.15, 0.2) is 82.7 Å². The van der Waals surface area contributed by atoms with Gasteiger partial charge >= 0.3 is 5.97 Å². The molecule has 1 amide bonds. The van der Waals surface area contributed by atoms with Crippen LogP contribution < -0.4 is 9.47 Å². The lowest BCUT2D eigenvalue weighted by Gasteiger charge is -2.16. The van der Waals surface area contributed by atoms with Crippen LogP contribution in [0.5, 0.6) is 11.5 Å². The molecule has 0 saturated carbocycles. The van der Waals surface area contributed by atoms with Crippen LogP contribution in [-0.2, 0) is 11.3 Å². The van der Waals surface area contributed by atoms with E-state index in [0.29, 0.717) is 27.1 Å². The van der Waals surface area contributed by atoms with E-state index in [1.807, 2.05) is 30.3 Å². The summed E-state index contributed by atoms with van der Waals surface area (Å²) in [4.78, 5) is 31.4. The maximum absolute atomic E-state index is 13.4. The predicted octanol–water partition coefficient (Wildman–Crippen LogP) is 5.21. The van der Waals surface area contributed by atoms with Crippen molar-refractivity contribution in [2.24, 2.45) is 4.99 Å². The zero-order valence-electron chi connectivity index (χ0n) is 18.6. The number of hydrogen-bond acceptors (Lipinski definition) is 6. The summed E-state index contributed by atoms with van der Waals surface area (Å²) in [6.07, 6.45) is 1.77. The Bertz CT molecular complexity index is 1270. The van der Waals surface area contributed by atoms with E-state index in [4.69, 9.17) is 19.6 Å². The summed E-state index contributed by atoms with van der Waals surface area (Å²) in [5.74, 6) is 0.0672. The van der Waals surface area contributed by atoms with Gasteiger partial charge in [-0.05, 0) is 65.9 Å². The number of amides is 1. The van der Waals surface area contributed by atoms with Gasteiger partial charge in [-0.3, -0.25) is 9.69 Å². The molecule has 3 aromatic rings. The van der Waals surface area contributed by atoms with Crippen molar-refractivity contribution in [2.45, 2.75) is 6.54 Å². The molecule has 0 atom stereocenters. The third kappa shape index (κ3) is 5.13. The maximum atomic E-state index is 13.4. The summed E-state index contributed by atoms with van der Waals surface area (Å²) >= 11 is 1.27. The van der Waals surface area contributed by atoms with Crippen molar-refractivity contribution < 1.29 is 24.2 Å². The fraction of sp³-hybridized carbons (Fsp3) is 0.115. The van der Waals surface area contributed by atoms with Crippen molar-refractivity contribution in [2.75, 3.05) is 14.2 Å². The number of carbonyl (C=O) groups excluding carboxylic acids is 1. The normalized spacial score (nSPS) is 15.7. The van der Waals surface area contributed by atoms with Gasteiger partial charge in [0.1, 0.15) is 11.5 Å². The first-order valence-corrected chi connectivity index (χ1v) is 11.2. The van der Waals surface area contributed by atoms with Crippen LogP contribution in [0.2, 0.25) is 0 Å². The van der Waals surface area contributed by atoms with E-state index in [-0.39, 0.29) is 18.0 Å². The molecule has 0 aromatic heterocycles. The van der Waals surface area contributed by atoms with Crippen LogP contribution >= 0.6 is 11.8 Å². The number of aliphatic imine (C=N–C) groups is 1. The van der Waals surface area contributed by atoms with Gasteiger partial charge in [-0.2, -0.15) is 0 Å². The van der Waals surface area contributed by atoms with Gasteiger partial charge in [0.2, 0.25) is 0 Å². The van der Waals surface area contributed by atoms with Gasteiger partial charge in [0.25, 0.3) is 5.91 Å². The molecule has 7 nitrogen and oxygen atoms in total. The smallest absolute Gasteiger partial charge is 0.335 e. The van der Waals surface area contributed by atoms with Gasteiger partial charge in [-0.1, -0.05) is 30.3 Å². The molecular weight excluding hydrogens is 452 g/mol. The van der Waals surface area contributed by atoms with E-state index in [0.717, 1.165) is 11.3 Å². The van der Waals surface area contributed by atoms with Crippen molar-refractivity contribution in [1.82, 2.24) is 4.90 Å². The number of ether oxygens (including phenoxy) is 2. The number of methoxy groups -OCH3 is 2. The van der Waals surface area contributed by atoms with Crippen molar-refractivity contribution >= 4 is 40.6 Å². The minimum atomic E-state index is -0.997. The van der Waals surface area contributed by atoms with Crippen LogP contribution in [-0.4, -0.2) is 41.3 Å². The molecule has 8 heteroatoms. The Hall–Kier alpha value is -4.04. The molecule has 0 unspecified atom stereocenters. The van der Waals surface area contributed by atoms with Gasteiger partial charge in [0, 0.05) is 5.56 Å². The molecule has 0 aliphatic carbocycles. The topological polar surface area (TPSA) is 88.4 Å². The van der Waals surface area contributed by atoms with Crippen LogP contribution in [0.1, 0.15) is 21.5 Å². The lowest BCUT2D eigenvalue weighted by Crippen LogP contribution is -2.28. The first-order chi connectivity index (χ1) is 16.5. The standard InChI is InChI=1S/C26H22N2O5S/c1-32-21-12-13-22(33-2)19(14-21)15-23-24(29)28(16-17-8-10-18(11-9-17)25(30)31)26(34-23)27-20-6-4-3-5-7-20/h3-15H,16H2,1-2H3,(H,30,31)/b23-15-,27-26?. The summed E-state index contributed by atoms with van der Waals surface area (Å²) in [5.41, 5.74) is 2.42. The van der Waals surface area contributed by atoms with E-state index in [9.17, 15) is 9.59 Å². The molecule has 34 heavy (non-hydrogen) atoms. The van der Waals surface area contributed by atoms with Crippen molar-refractivity contribution in [3.8, 4) is 11.5 Å². The van der Waals surface area contributed by atoms with E-state index < -0.39 is 5.97 Å². The Balaban J connectivity index is 1.71. The minimum Gasteiger partial charge on any atom is -0.497 e. The second-order valence-corrected chi connectivity index (χ2v) is 8.35. The SMILES string of the molecule is COc1ccc(OC)c(/C=C2\SC(=Nc3ccccc3)N(Cc3ccc(C(=O)O)cc3)C2=O)c1. The maximum Gasteiger partial charge on any atom is 0.335 e. The third-order valence-electron chi connectivity index (χ3n) is 5.13. The van der Waals surface area contributed by atoms with Crippen LogP contribution in [0.4, 0.5) is 5.69 Å². The lowest BCUT2D eigenvalue weighted by molar-refractivity contribution is -0.122. The number of carboxylic acid groups (broad SMARTS) is 1. The summed E-state index contributed by atoms with van der Waals surface area (Å²) in [6.45, 7) is 0.254. The summed E-state index contributed by atoms with van der Waals surface area (Å²) < 4.78 is 10.8. The van der Waals surface area contributed by atoms with Crippen LogP contribution in [0.25, 0.3) is 6.08 Å². The second kappa shape index (κ2) is 10.3. The predicted molar refractivity (Wildman–Crippen MR) is 133 cm³/mol. The number of hydrogen-bond donors (Lipinski definition) is 1. The Morgan fingerprint density at radius 3 is 2.41 bits per heavy atom. The Kier molecular flexibility index (Phi) is 6.98. The summed E-state index contributed by atoms with van der Waals surface area (Å²) in [7, 11) is 3.15. The zero-order valence-corrected chi connectivity index (χ0v) is 19.4. The largest absolute Gasteiger partial charge is 0.497 e. The molecule has 1 saturated heterocycles. The lowest BCUT2D eigenvalue weighted by atomic mass is 10.1. The van der Waals surface area contributed by atoms with Crippen molar-refractivity contribution in [3.05, 3.63) is 94.4 Å². The number of thioether (sulfide) groups is 1. The van der Waals surface area contributed by atoms with Crippen LogP contribution in [0, 0.1) is 0 Å². The van der Waals surface area contributed by atoms with E-state index >= 15 is 0 Å². The average molecular weight is 475 g/mol. The molecule has 0 spiro atoms. The van der Waals surface area contributed by atoms with Gasteiger partial charge in [-0.25, -0.2) is 9.79 Å². The monoisotopic (exact) mass is 474 g/mol. The van der Waals surface area contributed by atoms with Crippen molar-refractivity contribution in [3.63, 3.8) is 0 Å². The van der Waals surface area contributed by atoms with E-state index in [2.05, 4.69) is 0 Å². The third-order valence-corrected chi connectivity index (χ3v) is 6.14. The second-order valence-electron chi connectivity index (χ2n) is 7.34. The van der Waals surface area contributed by atoms with E-state index in [1.165, 1.54) is 23.9 Å². The summed E-state index contributed by atoms with van der Waals surface area (Å²) in [6, 6.07) is 21.2. The number of para-hydroxylation sites is 1. The van der Waals surface area contributed by atoms with Gasteiger partial charge in [0.15, 0.2) is 5.17 Å². The molecular formula is C26H22N2O5S. The highest BCUT2D eigenvalue weighted by Crippen LogP contribution is 2.37. The molecule has 1 N–H and O–H groups in total. The molecule has 1 aliphatic heterocycles. The fourth-order valence-electron chi connectivity index (χ4n) is 3.37. The first kappa shape index (κ1) is 23.1. The molecule has 1 heterocycles. The Morgan fingerprint density at radius 1 is 1.03 bits per heavy atom. The number of benzene rings is 3. The highest BCUT2D eigenvalue weighted by atomic mass is 32.2. The number of amidine groups is 1. The van der Waals surface area contributed by atoms with Crippen molar-refractivity contribution in [1.29, 1.82) is 0 Å². The first-order valence-electron chi connectivity index (χ1n) is 10.4. The minimum absolute atomic E-state index is 0.190. The molecule has 1 fully saturated rings. The molecule has 3 aromatic carbocycles. The number of carboxylic acids is 1. The van der Waals surface area contributed by atoms with Crippen LogP contribution in [0.3, 0.4) is 0 Å². The average Bonchev–Trinajstić information content (AvgIpc) is 3.13. The highest BCUT2D eigenvalue weighted by Gasteiger charge is 2.33. The molecule has 0 bridgehead atoms. The highest BCUT2D eigenvalue weighted by molar-refractivity contribution is 8.18.